The number of aromatic nitrogens is 4. The van der Waals surface area contributed by atoms with E-state index in [2.05, 4.69) is 19.9 Å². The van der Waals surface area contributed by atoms with Gasteiger partial charge < -0.3 is 38.4 Å². The summed E-state index contributed by atoms with van der Waals surface area (Å²) in [6.45, 7) is 1.87. The third-order valence-corrected chi connectivity index (χ3v) is 13.6. The van der Waals surface area contributed by atoms with Crippen LogP contribution in [0.2, 0.25) is 10.3 Å². The molecule has 1 unspecified atom stereocenters. The molecule has 0 radical (unpaired) electrons. The van der Waals surface area contributed by atoms with Crippen LogP contribution in [-0.4, -0.2) is 68.6 Å². The van der Waals surface area contributed by atoms with Crippen molar-refractivity contribution < 1.29 is 45.6 Å². The molecular formula is C56H50Cl2F5N7O5. The summed E-state index contributed by atoms with van der Waals surface area (Å²) >= 11 is 14.0. The molecule has 1 aliphatic rings. The number of rotatable bonds is 17. The quantitative estimate of drug-likeness (QED) is 0.0640. The van der Waals surface area contributed by atoms with Crippen molar-refractivity contribution in [3.8, 4) is 40.0 Å². The van der Waals surface area contributed by atoms with Crippen molar-refractivity contribution in [2.45, 2.75) is 45.2 Å². The van der Waals surface area contributed by atoms with Gasteiger partial charge >= 0.3 is 6.18 Å². The highest BCUT2D eigenvalue weighted by molar-refractivity contribution is 6.37. The van der Waals surface area contributed by atoms with Gasteiger partial charge in [0.15, 0.2) is 11.6 Å². The van der Waals surface area contributed by atoms with E-state index in [1.807, 2.05) is 72.6 Å². The third kappa shape index (κ3) is 11.1. The zero-order chi connectivity index (χ0) is 53.1. The molecule has 388 valence electrons. The summed E-state index contributed by atoms with van der Waals surface area (Å²) < 4.78 is 108. The monoisotopic (exact) mass is 1070 g/mol. The van der Waals surface area contributed by atoms with Crippen LogP contribution < -0.4 is 38.4 Å². The van der Waals surface area contributed by atoms with Crippen LogP contribution in [-0.2, 0) is 32.2 Å². The Bertz CT molecular complexity index is 3290. The fourth-order valence-corrected chi connectivity index (χ4v) is 9.86. The summed E-state index contributed by atoms with van der Waals surface area (Å²) in [5.74, 6) is 0.990. The number of hydrogen-bond donors (Lipinski definition) is 0. The van der Waals surface area contributed by atoms with Crippen molar-refractivity contribution in [2.75, 3.05) is 63.3 Å². The normalized spacial score (nSPS) is 12.7. The van der Waals surface area contributed by atoms with Gasteiger partial charge in [-0.25, -0.2) is 23.7 Å². The number of ether oxygens (including phenoxy) is 5. The molecule has 0 bridgehead atoms. The third-order valence-electron chi connectivity index (χ3n) is 13.0. The van der Waals surface area contributed by atoms with Gasteiger partial charge in [-0.3, -0.25) is 0 Å². The molecule has 0 fully saturated rings. The average molecular weight is 1070 g/mol. The molecule has 0 saturated carbocycles. The minimum Gasteiger partial charge on any atom is -0.497 e. The Morgan fingerprint density at radius 3 is 1.75 bits per heavy atom. The number of methoxy groups -OCH3 is 4. The Labute approximate surface area is 440 Å². The van der Waals surface area contributed by atoms with E-state index in [1.165, 1.54) is 19.1 Å². The molecule has 75 heavy (non-hydrogen) atoms. The van der Waals surface area contributed by atoms with E-state index < -0.39 is 56.5 Å². The number of halogens is 7. The summed E-state index contributed by atoms with van der Waals surface area (Å²) in [5.41, 5.74) is 0.275. The van der Waals surface area contributed by atoms with Gasteiger partial charge in [-0.1, -0.05) is 60.1 Å². The van der Waals surface area contributed by atoms with Gasteiger partial charge in [0.05, 0.1) is 74.5 Å². The van der Waals surface area contributed by atoms with Crippen molar-refractivity contribution in [1.29, 1.82) is 0 Å². The number of anilines is 3. The Hall–Kier alpha value is -7.63. The molecule has 0 N–H and O–H groups in total. The van der Waals surface area contributed by atoms with Crippen molar-refractivity contribution in [2.24, 2.45) is 0 Å². The maximum atomic E-state index is 18.0. The first-order chi connectivity index (χ1) is 36.1. The number of pyridine rings is 2. The number of aryl methyl sites for hydroxylation is 1. The first-order valence-electron chi connectivity index (χ1n) is 23.6. The number of alkyl halides is 3. The highest BCUT2D eigenvalue weighted by atomic mass is 35.5. The van der Waals surface area contributed by atoms with Crippen LogP contribution in [0, 0.1) is 18.6 Å². The SMILES string of the molecule is COc1ccc(CC(c2cc(F)cnc2N(C)Cc2ccc(OC)cc2)N2CCOc3c(Cl)c(-c4nc(N(Cc5ccc(OC)cc5)Cc5ccc(OC)cc5)cc(C)c4C(F)(F)F)c(F)c4nc(Cl)nc2c34)cc1. The Balaban J connectivity index is 1.22. The standard InChI is InChI=1S/C56H50Cl2F5N7O5/c1-32-25-44(69(30-35-11-19-40(73-5)20-12-35)31-36-13-21-41(74-6)22-14-36)65-50(47(32)56(61,62)63)45-48(57)52-46-51(49(45)60)66-55(58)67-54(46)70(23-24-75-52)43(26-33-7-15-38(71-3)16-8-33)42-27-37(59)28-64-53(42)68(2)29-34-9-17-39(72-4)18-10-34/h7-22,25,27-28,43H,23-24,26,29-31H2,1-6H3. The molecule has 4 heterocycles. The molecule has 3 aromatic heterocycles. The van der Waals surface area contributed by atoms with E-state index in [0.29, 0.717) is 40.9 Å². The second-order valence-electron chi connectivity index (χ2n) is 17.8. The Kier molecular flexibility index (Phi) is 15.4. The number of hydrogen-bond acceptors (Lipinski definition) is 12. The van der Waals surface area contributed by atoms with Gasteiger partial charge in [0.25, 0.3) is 0 Å². The Morgan fingerprint density at radius 2 is 1.23 bits per heavy atom. The molecule has 0 amide bonds. The minimum absolute atomic E-state index is 0.0235. The molecule has 8 aromatic rings. The van der Waals surface area contributed by atoms with E-state index >= 15 is 22.0 Å². The summed E-state index contributed by atoms with van der Waals surface area (Å²) in [6, 6.07) is 31.1. The zero-order valence-corrected chi connectivity index (χ0v) is 43.1. The lowest BCUT2D eigenvalue weighted by molar-refractivity contribution is -0.137. The van der Waals surface area contributed by atoms with Gasteiger partial charge in [0.1, 0.15) is 58.4 Å². The first-order valence-corrected chi connectivity index (χ1v) is 24.3. The second-order valence-corrected chi connectivity index (χ2v) is 18.5. The molecule has 1 aliphatic heterocycles. The molecule has 9 rings (SSSR count). The van der Waals surface area contributed by atoms with Crippen molar-refractivity contribution in [3.63, 3.8) is 0 Å². The zero-order valence-electron chi connectivity index (χ0n) is 41.6. The lowest BCUT2D eigenvalue weighted by Gasteiger charge is -2.35. The van der Waals surface area contributed by atoms with Crippen molar-refractivity contribution in [1.82, 2.24) is 19.9 Å². The van der Waals surface area contributed by atoms with Gasteiger partial charge in [-0.15, -0.1) is 0 Å². The van der Waals surface area contributed by atoms with Crippen LogP contribution >= 0.6 is 23.2 Å². The summed E-state index contributed by atoms with van der Waals surface area (Å²) in [5, 5.41) is -0.999. The van der Waals surface area contributed by atoms with Crippen LogP contribution in [0.4, 0.5) is 39.4 Å². The Morgan fingerprint density at radius 1 is 0.707 bits per heavy atom. The fourth-order valence-electron chi connectivity index (χ4n) is 9.38. The summed E-state index contributed by atoms with van der Waals surface area (Å²) in [7, 11) is 8.05. The lowest BCUT2D eigenvalue weighted by Crippen LogP contribution is -2.35. The maximum Gasteiger partial charge on any atom is 0.418 e. The average Bonchev–Trinajstić information content (AvgIpc) is 3.59. The number of benzene rings is 5. The highest BCUT2D eigenvalue weighted by Crippen LogP contribution is 2.51. The molecule has 0 spiro atoms. The van der Waals surface area contributed by atoms with Gasteiger partial charge in [-0.2, -0.15) is 18.2 Å². The molecule has 5 aromatic carbocycles. The van der Waals surface area contributed by atoms with Crippen LogP contribution in [0.15, 0.2) is 115 Å². The van der Waals surface area contributed by atoms with Gasteiger partial charge in [-0.05, 0) is 113 Å². The molecule has 12 nitrogen and oxygen atoms in total. The molecule has 19 heteroatoms. The van der Waals surface area contributed by atoms with Crippen molar-refractivity contribution >= 4 is 51.6 Å². The van der Waals surface area contributed by atoms with E-state index in [9.17, 15) is 0 Å². The predicted octanol–water partition coefficient (Wildman–Crippen LogP) is 13.1. The van der Waals surface area contributed by atoms with Crippen LogP contribution in [0.1, 0.15) is 45.0 Å². The summed E-state index contributed by atoms with van der Waals surface area (Å²) in [4.78, 5) is 23.7. The predicted molar refractivity (Wildman–Crippen MR) is 280 cm³/mol. The van der Waals surface area contributed by atoms with E-state index in [4.69, 9.17) is 46.9 Å². The van der Waals surface area contributed by atoms with E-state index in [-0.39, 0.29) is 61.0 Å². The smallest absolute Gasteiger partial charge is 0.418 e. The topological polar surface area (TPSA) is 107 Å². The second kappa shape index (κ2) is 22.1. The first kappa shape index (κ1) is 52.2. The molecule has 0 aliphatic carbocycles. The van der Waals surface area contributed by atoms with Crippen molar-refractivity contribution in [3.05, 3.63) is 176 Å². The van der Waals surface area contributed by atoms with E-state index in [1.54, 1.807) is 74.6 Å². The van der Waals surface area contributed by atoms with Gasteiger partial charge in [0.2, 0.25) is 5.28 Å². The molecule has 1 atom stereocenters. The molecule has 0 saturated heterocycles. The van der Waals surface area contributed by atoms with Crippen LogP contribution in [0.3, 0.4) is 0 Å². The van der Waals surface area contributed by atoms with E-state index in [0.717, 1.165) is 28.5 Å². The van der Waals surface area contributed by atoms with Gasteiger partial charge in [0, 0.05) is 32.2 Å². The van der Waals surface area contributed by atoms with Crippen LogP contribution in [0.25, 0.3) is 22.2 Å². The summed E-state index contributed by atoms with van der Waals surface area (Å²) in [6.07, 6.45) is -3.71. The maximum absolute atomic E-state index is 18.0. The number of nitrogens with zero attached hydrogens (tertiary/aromatic N) is 7. The van der Waals surface area contributed by atoms with Crippen LogP contribution in [0.5, 0.6) is 28.7 Å². The lowest BCUT2D eigenvalue weighted by atomic mass is 9.95. The fraction of sp³-hybridized carbons (Fsp3) is 0.250. The molecular weight excluding hydrogens is 1020 g/mol. The highest BCUT2D eigenvalue weighted by Gasteiger charge is 2.41. The largest absolute Gasteiger partial charge is 0.497 e. The minimum atomic E-state index is -5.04.